The first-order valence-electron chi connectivity index (χ1n) is 5.79. The summed E-state index contributed by atoms with van der Waals surface area (Å²) in [6, 6.07) is 6.27. The lowest BCUT2D eigenvalue weighted by atomic mass is 9.96. The highest BCUT2D eigenvalue weighted by atomic mass is 16.1. The molecule has 0 aliphatic rings. The summed E-state index contributed by atoms with van der Waals surface area (Å²) < 4.78 is 0. The molecule has 0 heterocycles. The second kappa shape index (κ2) is 6.81. The summed E-state index contributed by atoms with van der Waals surface area (Å²) >= 11 is 0. The zero-order valence-corrected chi connectivity index (χ0v) is 10.4. The molecule has 0 fully saturated rings. The molecular weight excluding hydrogens is 210 g/mol. The maximum absolute atomic E-state index is 10.4. The summed E-state index contributed by atoms with van der Waals surface area (Å²) in [6.45, 7) is 8.24. The predicted octanol–water partition coefficient (Wildman–Crippen LogP) is 3.21. The van der Waals surface area contributed by atoms with Crippen LogP contribution in [0, 0.1) is 0 Å². The van der Waals surface area contributed by atoms with Crippen LogP contribution in [-0.2, 0) is 4.79 Å². The Labute approximate surface area is 103 Å². The molecule has 0 aromatic heterocycles. The normalized spacial score (nSPS) is 12.6. The molecule has 1 atom stereocenters. The Morgan fingerprint density at radius 3 is 2.82 bits per heavy atom. The van der Waals surface area contributed by atoms with Gasteiger partial charge in [-0.3, -0.25) is 0 Å². The maximum Gasteiger partial charge on any atom is 0.133 e. The van der Waals surface area contributed by atoms with Crippen molar-refractivity contribution in [2.75, 3.05) is 6.54 Å². The largest absolute Gasteiger partial charge is 0.304 e. The topological polar surface area (TPSA) is 29.1 Å². The minimum Gasteiger partial charge on any atom is -0.304 e. The van der Waals surface area contributed by atoms with Gasteiger partial charge in [0, 0.05) is 6.04 Å². The number of allylic oxidation sites excluding steroid dienone is 1. The van der Waals surface area contributed by atoms with Crippen LogP contribution in [-0.4, -0.2) is 12.8 Å². The van der Waals surface area contributed by atoms with Crippen LogP contribution in [0.1, 0.15) is 36.6 Å². The lowest BCUT2D eigenvalue weighted by Crippen LogP contribution is -2.21. The van der Waals surface area contributed by atoms with Crippen LogP contribution in [0.3, 0.4) is 0 Å². The molecule has 0 saturated heterocycles. The highest BCUT2D eigenvalue weighted by Gasteiger charge is 2.10. The molecule has 0 amide bonds. The van der Waals surface area contributed by atoms with E-state index in [1.807, 2.05) is 31.2 Å². The van der Waals surface area contributed by atoms with Crippen LogP contribution in [0.4, 0.5) is 0 Å². The minimum absolute atomic E-state index is 0.145. The quantitative estimate of drug-likeness (QED) is 0.759. The van der Waals surface area contributed by atoms with Crippen molar-refractivity contribution in [3.63, 3.8) is 0 Å². The number of carbonyl (C=O) groups excluding carboxylic acids is 1. The molecule has 0 aliphatic heterocycles. The van der Waals surface area contributed by atoms with E-state index < -0.39 is 0 Å². The van der Waals surface area contributed by atoms with Gasteiger partial charge in [0.25, 0.3) is 0 Å². The van der Waals surface area contributed by atoms with Crippen molar-refractivity contribution in [2.24, 2.45) is 0 Å². The van der Waals surface area contributed by atoms with Gasteiger partial charge in [0.2, 0.25) is 0 Å². The molecule has 0 bridgehead atoms. The average molecular weight is 229 g/mol. The summed E-state index contributed by atoms with van der Waals surface area (Å²) in [6.07, 6.45) is 6.82. The number of aldehydes is 1. The lowest BCUT2D eigenvalue weighted by Gasteiger charge is -2.17. The van der Waals surface area contributed by atoms with Gasteiger partial charge in [-0.2, -0.15) is 0 Å². The Balaban J connectivity index is 3.12. The molecule has 90 valence electrons. The van der Waals surface area contributed by atoms with Crippen LogP contribution in [0.5, 0.6) is 0 Å². The van der Waals surface area contributed by atoms with E-state index in [2.05, 4.69) is 31.0 Å². The molecule has 1 N–H and O–H groups in total. The Morgan fingerprint density at radius 1 is 1.47 bits per heavy atom. The Kier molecular flexibility index (Phi) is 5.37. The fourth-order valence-corrected chi connectivity index (χ4v) is 1.85. The maximum atomic E-state index is 10.4. The Hall–Kier alpha value is -1.67. The first kappa shape index (κ1) is 13.4. The second-order valence-corrected chi connectivity index (χ2v) is 3.85. The summed E-state index contributed by atoms with van der Waals surface area (Å²) in [4.78, 5) is 10.4. The van der Waals surface area contributed by atoms with Gasteiger partial charge in [-0.15, -0.1) is 0 Å². The van der Waals surface area contributed by atoms with Gasteiger partial charge >= 0.3 is 0 Å². The summed E-state index contributed by atoms with van der Waals surface area (Å²) in [7, 11) is 0. The molecule has 0 saturated carbocycles. The third-order valence-electron chi connectivity index (χ3n) is 2.70. The predicted molar refractivity (Wildman–Crippen MR) is 73.7 cm³/mol. The number of nitrogens with one attached hydrogen (secondary N) is 1. The van der Waals surface area contributed by atoms with E-state index in [9.17, 15) is 4.79 Å². The molecule has 2 nitrogen and oxygen atoms in total. The van der Waals surface area contributed by atoms with Gasteiger partial charge in [-0.05, 0) is 30.5 Å². The molecule has 0 spiro atoms. The Bertz CT molecular complexity index is 421. The lowest BCUT2D eigenvalue weighted by molar-refractivity contribution is -0.107. The molecule has 0 aliphatic carbocycles. The third-order valence-corrected chi connectivity index (χ3v) is 2.70. The van der Waals surface area contributed by atoms with Crippen molar-refractivity contribution < 1.29 is 4.79 Å². The van der Waals surface area contributed by atoms with E-state index in [-0.39, 0.29) is 6.04 Å². The highest BCUT2D eigenvalue weighted by molar-refractivity contribution is 5.67. The molecule has 1 aromatic rings. The van der Waals surface area contributed by atoms with Crippen molar-refractivity contribution in [2.45, 2.75) is 19.9 Å². The first-order chi connectivity index (χ1) is 8.24. The van der Waals surface area contributed by atoms with Crippen LogP contribution in [0.15, 0.2) is 30.9 Å². The van der Waals surface area contributed by atoms with Crippen LogP contribution < -0.4 is 5.32 Å². The number of hydrogen-bond acceptors (Lipinski definition) is 2. The van der Waals surface area contributed by atoms with Gasteiger partial charge in [-0.25, -0.2) is 0 Å². The smallest absolute Gasteiger partial charge is 0.133 e. The van der Waals surface area contributed by atoms with E-state index in [1.165, 1.54) is 5.56 Å². The van der Waals surface area contributed by atoms with Crippen molar-refractivity contribution in [3.05, 3.63) is 47.5 Å². The number of hydrogen-bond donors (Lipinski definition) is 1. The number of rotatable bonds is 6. The van der Waals surface area contributed by atoms with Gasteiger partial charge in [0.15, 0.2) is 0 Å². The van der Waals surface area contributed by atoms with Crippen molar-refractivity contribution >= 4 is 18.4 Å². The fraction of sp³-hybridized carbons (Fsp3) is 0.267. The molecule has 1 unspecified atom stereocenters. The molecule has 1 rings (SSSR count). The standard InChI is InChI=1S/C15H19NO/c1-4-7-15-13(5-2)8-6-9-14(15)12(3)16-10-11-17/h4-9,11-12,16H,2,10H2,1,3H3/b7-4-. The average Bonchev–Trinajstić information content (AvgIpc) is 2.36. The fourth-order valence-electron chi connectivity index (χ4n) is 1.85. The van der Waals surface area contributed by atoms with Gasteiger partial charge < -0.3 is 10.1 Å². The molecule has 17 heavy (non-hydrogen) atoms. The van der Waals surface area contributed by atoms with Crippen molar-refractivity contribution in [1.29, 1.82) is 0 Å². The van der Waals surface area contributed by atoms with Crippen LogP contribution in [0.25, 0.3) is 12.2 Å². The van der Waals surface area contributed by atoms with Crippen molar-refractivity contribution in [1.82, 2.24) is 5.32 Å². The van der Waals surface area contributed by atoms with E-state index in [1.54, 1.807) is 0 Å². The first-order valence-corrected chi connectivity index (χ1v) is 5.79. The monoisotopic (exact) mass is 229 g/mol. The van der Waals surface area contributed by atoms with Crippen LogP contribution in [0.2, 0.25) is 0 Å². The van der Waals surface area contributed by atoms with E-state index in [4.69, 9.17) is 0 Å². The van der Waals surface area contributed by atoms with E-state index >= 15 is 0 Å². The van der Waals surface area contributed by atoms with Crippen molar-refractivity contribution in [3.8, 4) is 0 Å². The van der Waals surface area contributed by atoms with Gasteiger partial charge in [0.05, 0.1) is 6.54 Å². The summed E-state index contributed by atoms with van der Waals surface area (Å²) in [5, 5.41) is 3.16. The summed E-state index contributed by atoms with van der Waals surface area (Å²) in [5.41, 5.74) is 3.46. The third kappa shape index (κ3) is 3.40. The van der Waals surface area contributed by atoms with Crippen LogP contribution >= 0.6 is 0 Å². The second-order valence-electron chi connectivity index (χ2n) is 3.85. The minimum atomic E-state index is 0.145. The van der Waals surface area contributed by atoms with E-state index in [0.717, 1.165) is 17.4 Å². The molecule has 0 radical (unpaired) electrons. The molecular formula is C15H19NO. The zero-order chi connectivity index (χ0) is 12.7. The SMILES string of the molecule is C=Cc1cccc(C(C)NCC=O)c1/C=C\C. The summed E-state index contributed by atoms with van der Waals surface area (Å²) in [5.74, 6) is 0. The van der Waals surface area contributed by atoms with Gasteiger partial charge in [-0.1, -0.05) is 43.0 Å². The molecule has 1 aromatic carbocycles. The highest BCUT2D eigenvalue weighted by Crippen LogP contribution is 2.23. The van der Waals surface area contributed by atoms with Gasteiger partial charge in [0.1, 0.15) is 6.29 Å². The number of carbonyl (C=O) groups is 1. The zero-order valence-electron chi connectivity index (χ0n) is 10.4. The Morgan fingerprint density at radius 2 is 2.24 bits per heavy atom. The number of benzene rings is 1. The molecule has 2 heteroatoms. The van der Waals surface area contributed by atoms with E-state index in [0.29, 0.717) is 6.54 Å².